The topological polar surface area (TPSA) is 55.1 Å². The van der Waals surface area contributed by atoms with Crippen LogP contribution in [0.1, 0.15) is 21.5 Å². The Morgan fingerprint density at radius 3 is 2.05 bits per heavy atom. The average molecular weight is 355 g/mol. The molecule has 2 rings (SSSR count). The summed E-state index contributed by atoms with van der Waals surface area (Å²) in [6.07, 6.45) is 0. The van der Waals surface area contributed by atoms with E-state index < -0.39 is 23.1 Å². The average Bonchev–Trinajstić information content (AvgIpc) is 2.32. The van der Waals surface area contributed by atoms with Gasteiger partial charge in [-0.05, 0) is 49.2 Å². The molecule has 110 valence electrons. The molecule has 0 radical (unpaired) electrons. The van der Waals surface area contributed by atoms with Gasteiger partial charge in [0, 0.05) is 15.8 Å². The van der Waals surface area contributed by atoms with E-state index in [4.69, 9.17) is 5.73 Å². The van der Waals surface area contributed by atoms with Crippen LogP contribution in [0, 0.1) is 25.5 Å². The molecule has 0 fully saturated rings. The standard InChI is InChI=1S/C15H13BrF2N2O/c1-7-3-10(19)4-8(2)14(7)20-15(21)13-11(17)5-9(16)6-12(13)18/h3-6H,19H2,1-2H3,(H,20,21). The highest BCUT2D eigenvalue weighted by Crippen LogP contribution is 2.25. The van der Waals surface area contributed by atoms with E-state index in [1.54, 1.807) is 26.0 Å². The fraction of sp³-hybridized carbons (Fsp3) is 0.133. The highest BCUT2D eigenvalue weighted by molar-refractivity contribution is 9.10. The number of nitrogens with two attached hydrogens (primary N) is 1. The van der Waals surface area contributed by atoms with Crippen LogP contribution in [0.15, 0.2) is 28.7 Å². The van der Waals surface area contributed by atoms with Crippen LogP contribution in [0.25, 0.3) is 0 Å². The van der Waals surface area contributed by atoms with Gasteiger partial charge in [0.05, 0.1) is 0 Å². The lowest BCUT2D eigenvalue weighted by molar-refractivity contribution is 0.101. The molecule has 3 N–H and O–H groups in total. The van der Waals surface area contributed by atoms with Crippen molar-refractivity contribution in [3.8, 4) is 0 Å². The van der Waals surface area contributed by atoms with Crippen molar-refractivity contribution in [2.75, 3.05) is 11.1 Å². The number of hydrogen-bond donors (Lipinski definition) is 2. The van der Waals surface area contributed by atoms with Crippen molar-refractivity contribution in [2.45, 2.75) is 13.8 Å². The van der Waals surface area contributed by atoms with Gasteiger partial charge in [0.2, 0.25) is 0 Å². The maximum atomic E-state index is 13.8. The molecule has 3 nitrogen and oxygen atoms in total. The van der Waals surface area contributed by atoms with Crippen LogP contribution in [0.5, 0.6) is 0 Å². The van der Waals surface area contributed by atoms with Gasteiger partial charge in [-0.25, -0.2) is 8.78 Å². The molecule has 0 saturated carbocycles. The molecular formula is C15H13BrF2N2O. The van der Waals surface area contributed by atoms with Gasteiger partial charge in [-0.3, -0.25) is 4.79 Å². The van der Waals surface area contributed by atoms with Crippen LogP contribution in [0.3, 0.4) is 0 Å². The van der Waals surface area contributed by atoms with E-state index in [2.05, 4.69) is 21.2 Å². The summed E-state index contributed by atoms with van der Waals surface area (Å²) in [5.74, 6) is -2.69. The Kier molecular flexibility index (Phi) is 4.27. The molecule has 0 atom stereocenters. The smallest absolute Gasteiger partial charge is 0.261 e. The molecule has 0 aliphatic rings. The first-order valence-corrected chi connectivity index (χ1v) is 6.91. The third-order valence-corrected chi connectivity index (χ3v) is 3.49. The van der Waals surface area contributed by atoms with Gasteiger partial charge >= 0.3 is 0 Å². The van der Waals surface area contributed by atoms with Crippen molar-refractivity contribution in [3.05, 3.63) is 57.1 Å². The van der Waals surface area contributed by atoms with Crippen LogP contribution >= 0.6 is 15.9 Å². The third kappa shape index (κ3) is 3.21. The molecule has 0 bridgehead atoms. The maximum absolute atomic E-state index is 13.8. The highest BCUT2D eigenvalue weighted by atomic mass is 79.9. The first-order chi connectivity index (χ1) is 9.79. The minimum absolute atomic E-state index is 0.230. The number of amides is 1. The summed E-state index contributed by atoms with van der Waals surface area (Å²) in [5, 5.41) is 2.53. The number of halogens is 3. The molecule has 2 aromatic rings. The van der Waals surface area contributed by atoms with Crippen molar-refractivity contribution in [1.29, 1.82) is 0 Å². The van der Waals surface area contributed by atoms with Gasteiger partial charge in [0.15, 0.2) is 0 Å². The van der Waals surface area contributed by atoms with Gasteiger partial charge < -0.3 is 11.1 Å². The van der Waals surface area contributed by atoms with Crippen LogP contribution < -0.4 is 11.1 Å². The third-order valence-electron chi connectivity index (χ3n) is 3.03. The van der Waals surface area contributed by atoms with Gasteiger partial charge in [-0.1, -0.05) is 15.9 Å². The Morgan fingerprint density at radius 2 is 1.57 bits per heavy atom. The Balaban J connectivity index is 2.40. The zero-order valence-electron chi connectivity index (χ0n) is 11.4. The van der Waals surface area contributed by atoms with E-state index in [-0.39, 0.29) is 4.47 Å². The highest BCUT2D eigenvalue weighted by Gasteiger charge is 2.19. The van der Waals surface area contributed by atoms with E-state index in [1.165, 1.54) is 0 Å². The lowest BCUT2D eigenvalue weighted by atomic mass is 10.1. The lowest BCUT2D eigenvalue weighted by Gasteiger charge is -2.13. The van der Waals surface area contributed by atoms with Gasteiger partial charge in [0.1, 0.15) is 17.2 Å². The molecule has 0 aliphatic heterocycles. The molecule has 21 heavy (non-hydrogen) atoms. The van der Waals surface area contributed by atoms with Crippen molar-refractivity contribution in [3.63, 3.8) is 0 Å². The predicted octanol–water partition coefficient (Wildman–Crippen LogP) is 4.18. The molecular weight excluding hydrogens is 342 g/mol. The SMILES string of the molecule is Cc1cc(N)cc(C)c1NC(=O)c1c(F)cc(Br)cc1F. The molecule has 0 aliphatic carbocycles. The molecule has 2 aromatic carbocycles. The Labute approximate surface area is 129 Å². The van der Waals surface area contributed by atoms with E-state index in [1.807, 2.05) is 0 Å². The summed E-state index contributed by atoms with van der Waals surface area (Å²) in [6.45, 7) is 3.51. The number of rotatable bonds is 2. The number of nitrogens with one attached hydrogen (secondary N) is 1. The second-order valence-electron chi connectivity index (χ2n) is 4.73. The van der Waals surface area contributed by atoms with Crippen LogP contribution in [0.4, 0.5) is 20.2 Å². The second kappa shape index (κ2) is 5.81. The van der Waals surface area contributed by atoms with Crippen molar-refractivity contribution >= 4 is 33.2 Å². The summed E-state index contributed by atoms with van der Waals surface area (Å²) in [6, 6.07) is 5.44. The summed E-state index contributed by atoms with van der Waals surface area (Å²) < 4.78 is 27.8. The summed E-state index contributed by atoms with van der Waals surface area (Å²) in [5.41, 5.74) is 7.58. The van der Waals surface area contributed by atoms with Gasteiger partial charge in [0.25, 0.3) is 5.91 Å². The van der Waals surface area contributed by atoms with Crippen molar-refractivity contribution < 1.29 is 13.6 Å². The number of nitrogen functional groups attached to an aromatic ring is 1. The molecule has 0 heterocycles. The maximum Gasteiger partial charge on any atom is 0.261 e. The van der Waals surface area contributed by atoms with E-state index in [0.29, 0.717) is 11.4 Å². The first kappa shape index (κ1) is 15.4. The number of aryl methyl sites for hydroxylation is 2. The Morgan fingerprint density at radius 1 is 1.10 bits per heavy atom. The molecule has 0 aromatic heterocycles. The number of benzene rings is 2. The molecule has 0 unspecified atom stereocenters. The first-order valence-electron chi connectivity index (χ1n) is 6.12. The van der Waals surface area contributed by atoms with E-state index in [0.717, 1.165) is 23.3 Å². The molecule has 6 heteroatoms. The lowest BCUT2D eigenvalue weighted by Crippen LogP contribution is -2.17. The summed E-state index contributed by atoms with van der Waals surface area (Å²) >= 11 is 2.97. The summed E-state index contributed by atoms with van der Waals surface area (Å²) in [7, 11) is 0. The Bertz CT molecular complexity index is 686. The van der Waals surface area contributed by atoms with Crippen molar-refractivity contribution in [1.82, 2.24) is 0 Å². The predicted molar refractivity (Wildman–Crippen MR) is 82.3 cm³/mol. The zero-order chi connectivity index (χ0) is 15.7. The quantitative estimate of drug-likeness (QED) is 0.794. The van der Waals surface area contributed by atoms with E-state index >= 15 is 0 Å². The number of hydrogen-bond acceptors (Lipinski definition) is 2. The van der Waals surface area contributed by atoms with Crippen molar-refractivity contribution in [2.24, 2.45) is 0 Å². The summed E-state index contributed by atoms with van der Waals surface area (Å²) in [4.78, 5) is 12.1. The van der Waals surface area contributed by atoms with E-state index in [9.17, 15) is 13.6 Å². The monoisotopic (exact) mass is 354 g/mol. The largest absolute Gasteiger partial charge is 0.399 e. The normalized spacial score (nSPS) is 10.5. The van der Waals surface area contributed by atoms with Crippen LogP contribution in [0.2, 0.25) is 0 Å². The molecule has 0 saturated heterocycles. The van der Waals surface area contributed by atoms with Gasteiger partial charge in [-0.15, -0.1) is 0 Å². The minimum Gasteiger partial charge on any atom is -0.399 e. The van der Waals surface area contributed by atoms with Crippen LogP contribution in [-0.2, 0) is 0 Å². The minimum atomic E-state index is -0.926. The second-order valence-corrected chi connectivity index (χ2v) is 5.64. The van der Waals surface area contributed by atoms with Gasteiger partial charge in [-0.2, -0.15) is 0 Å². The molecule has 0 spiro atoms. The fourth-order valence-corrected chi connectivity index (χ4v) is 2.53. The number of carbonyl (C=O) groups excluding carboxylic acids is 1. The zero-order valence-corrected chi connectivity index (χ0v) is 13.0. The fourth-order valence-electron chi connectivity index (χ4n) is 2.13. The number of carbonyl (C=O) groups is 1. The Hall–Kier alpha value is -1.95. The molecule has 1 amide bonds. The number of anilines is 2. The van der Waals surface area contributed by atoms with Crippen LogP contribution in [-0.4, -0.2) is 5.91 Å².